The van der Waals surface area contributed by atoms with Crippen molar-refractivity contribution in [2.75, 3.05) is 7.05 Å². The van der Waals surface area contributed by atoms with Gasteiger partial charge >= 0.3 is 0 Å². The molecule has 2 aliphatic rings. The van der Waals surface area contributed by atoms with E-state index in [0.717, 1.165) is 26.9 Å². The van der Waals surface area contributed by atoms with Gasteiger partial charge in [0.15, 0.2) is 0 Å². The van der Waals surface area contributed by atoms with Crippen molar-refractivity contribution in [1.29, 1.82) is 0 Å². The van der Waals surface area contributed by atoms with E-state index in [1.165, 1.54) is 18.4 Å². The van der Waals surface area contributed by atoms with Crippen LogP contribution in [0.5, 0.6) is 0 Å². The van der Waals surface area contributed by atoms with E-state index in [9.17, 15) is 10.1 Å². The van der Waals surface area contributed by atoms with Crippen molar-refractivity contribution < 1.29 is 4.92 Å². The molecule has 3 heterocycles. The lowest BCUT2D eigenvalue weighted by molar-refractivity contribution is -0.384. The number of hydrogen-bond donors (Lipinski definition) is 0. The first-order valence-corrected chi connectivity index (χ1v) is 11.4. The highest BCUT2D eigenvalue weighted by Crippen LogP contribution is 2.52. The number of non-ortho nitro benzene ring substituents is 1. The van der Waals surface area contributed by atoms with E-state index in [2.05, 4.69) is 24.1 Å². The van der Waals surface area contributed by atoms with Crippen molar-refractivity contribution in [3.05, 3.63) is 80.4 Å². The molecule has 8 heteroatoms. The number of nitro groups is 1. The molecule has 2 aromatic carbocycles. The minimum absolute atomic E-state index is 0. The summed E-state index contributed by atoms with van der Waals surface area (Å²) in [5.41, 5.74) is 2.42. The molecule has 2 fully saturated rings. The fourth-order valence-corrected chi connectivity index (χ4v) is 6.45. The standard InChI is InChI=1S/C23H22ClN3O2S.ClH/c1-26-18-10-11-20(26)22(19(12-18)14-2-6-16(24)7-3-14)23-25-13-21(30-23)15-4-8-17(9-5-15)27(28)29;/h2-9,13,18-20,22H,10-12H2,1H3;1H/t18-,19+,20+,22-;/m0./s1. The summed E-state index contributed by atoms with van der Waals surface area (Å²) < 4.78 is 0. The number of nitro benzene ring substituents is 1. The molecule has 0 saturated carbocycles. The predicted octanol–water partition coefficient (Wildman–Crippen LogP) is 6.53. The first kappa shape index (κ1) is 22.2. The van der Waals surface area contributed by atoms with E-state index in [1.807, 2.05) is 30.5 Å². The highest BCUT2D eigenvalue weighted by molar-refractivity contribution is 7.15. The first-order valence-electron chi connectivity index (χ1n) is 10.2. The van der Waals surface area contributed by atoms with Crippen LogP contribution in [0.1, 0.15) is 41.7 Å². The third-order valence-corrected chi connectivity index (χ3v) is 8.14. The van der Waals surface area contributed by atoms with Gasteiger partial charge in [-0.3, -0.25) is 15.0 Å². The number of thiazole rings is 1. The fraction of sp³-hybridized carbons (Fsp3) is 0.348. The second kappa shape index (κ2) is 8.87. The van der Waals surface area contributed by atoms with Crippen molar-refractivity contribution in [2.45, 2.75) is 43.2 Å². The zero-order chi connectivity index (χ0) is 20.8. The lowest BCUT2D eigenvalue weighted by atomic mass is 9.76. The van der Waals surface area contributed by atoms with Crippen molar-refractivity contribution in [2.24, 2.45) is 0 Å². The molecule has 5 rings (SSSR count). The Morgan fingerprint density at radius 2 is 1.84 bits per heavy atom. The number of piperidine rings is 1. The number of benzene rings is 2. The Kier molecular flexibility index (Phi) is 6.35. The molecular formula is C23H23Cl2N3O2S. The van der Waals surface area contributed by atoms with Gasteiger partial charge in [0.05, 0.1) is 14.8 Å². The zero-order valence-electron chi connectivity index (χ0n) is 17.0. The van der Waals surface area contributed by atoms with Crippen LogP contribution in [0.4, 0.5) is 5.69 Å². The Morgan fingerprint density at radius 1 is 1.13 bits per heavy atom. The molecule has 0 N–H and O–H groups in total. The van der Waals surface area contributed by atoms with Crippen LogP contribution in [0.15, 0.2) is 54.7 Å². The van der Waals surface area contributed by atoms with Crippen LogP contribution in [0.2, 0.25) is 5.02 Å². The lowest BCUT2D eigenvalue weighted by Gasteiger charge is -2.42. The summed E-state index contributed by atoms with van der Waals surface area (Å²) in [4.78, 5) is 19.0. The Balaban J connectivity index is 0.00000231. The maximum atomic E-state index is 10.9. The molecule has 0 spiro atoms. The van der Waals surface area contributed by atoms with E-state index >= 15 is 0 Å². The normalized spacial score (nSPS) is 25.2. The number of aromatic nitrogens is 1. The van der Waals surface area contributed by atoms with Gasteiger partial charge < -0.3 is 0 Å². The molecular weight excluding hydrogens is 453 g/mol. The van der Waals surface area contributed by atoms with Gasteiger partial charge in [-0.05, 0) is 67.6 Å². The second-order valence-corrected chi connectivity index (χ2v) is 9.75. The third-order valence-electron chi connectivity index (χ3n) is 6.74. The Bertz CT molecular complexity index is 1070. The summed E-state index contributed by atoms with van der Waals surface area (Å²) in [6.07, 6.45) is 5.48. The number of fused-ring (bicyclic) bond motifs is 2. The van der Waals surface area contributed by atoms with E-state index in [1.54, 1.807) is 23.5 Å². The molecule has 4 atom stereocenters. The SMILES string of the molecule is CN1[C@H]2CC[C@@H]1[C@@H](c1ncc(-c3ccc([N+](=O)[O-])cc3)s1)[C@@H](c1ccc(Cl)cc1)C2.Cl. The Morgan fingerprint density at radius 3 is 2.52 bits per heavy atom. The van der Waals surface area contributed by atoms with E-state index in [-0.39, 0.29) is 23.0 Å². The molecule has 162 valence electrons. The predicted molar refractivity (Wildman–Crippen MR) is 128 cm³/mol. The van der Waals surface area contributed by atoms with Gasteiger partial charge in [-0.2, -0.15) is 0 Å². The van der Waals surface area contributed by atoms with Crippen LogP contribution in [-0.4, -0.2) is 33.9 Å². The van der Waals surface area contributed by atoms with Crippen LogP contribution < -0.4 is 0 Å². The average Bonchev–Trinajstić information content (AvgIpc) is 3.31. The average molecular weight is 476 g/mol. The third kappa shape index (κ3) is 4.10. The van der Waals surface area contributed by atoms with Gasteiger partial charge in [0.1, 0.15) is 0 Å². The van der Waals surface area contributed by atoms with Crippen molar-refractivity contribution in [3.8, 4) is 10.4 Å². The maximum absolute atomic E-state index is 10.9. The Hall–Kier alpha value is -1.99. The molecule has 0 unspecified atom stereocenters. The number of rotatable bonds is 4. The Labute approximate surface area is 196 Å². The van der Waals surface area contributed by atoms with E-state index in [0.29, 0.717) is 23.9 Å². The van der Waals surface area contributed by atoms with Crippen LogP contribution in [0.3, 0.4) is 0 Å². The fourth-order valence-electron chi connectivity index (χ4n) is 5.18. The van der Waals surface area contributed by atoms with Crippen LogP contribution in [-0.2, 0) is 0 Å². The largest absolute Gasteiger partial charge is 0.300 e. The number of likely N-dealkylation sites (N-methyl/N-ethyl adjacent to an activating group) is 1. The molecule has 31 heavy (non-hydrogen) atoms. The summed E-state index contributed by atoms with van der Waals surface area (Å²) in [5, 5.41) is 12.9. The highest BCUT2D eigenvalue weighted by Gasteiger charge is 2.47. The lowest BCUT2D eigenvalue weighted by Crippen LogP contribution is -2.44. The monoisotopic (exact) mass is 475 g/mol. The van der Waals surface area contributed by atoms with Crippen molar-refractivity contribution >= 4 is 41.0 Å². The molecule has 0 amide bonds. The zero-order valence-corrected chi connectivity index (χ0v) is 19.4. The van der Waals surface area contributed by atoms with Gasteiger partial charge in [-0.25, -0.2) is 4.98 Å². The van der Waals surface area contributed by atoms with Gasteiger partial charge in [0, 0.05) is 41.4 Å². The van der Waals surface area contributed by atoms with Crippen molar-refractivity contribution in [1.82, 2.24) is 9.88 Å². The minimum Gasteiger partial charge on any atom is -0.300 e. The maximum Gasteiger partial charge on any atom is 0.269 e. The van der Waals surface area contributed by atoms with Crippen LogP contribution in [0.25, 0.3) is 10.4 Å². The molecule has 5 nitrogen and oxygen atoms in total. The second-order valence-electron chi connectivity index (χ2n) is 8.25. The quantitative estimate of drug-likeness (QED) is 0.317. The number of hydrogen-bond acceptors (Lipinski definition) is 5. The molecule has 1 aromatic heterocycles. The number of halogens is 2. The number of nitrogens with zero attached hydrogens (tertiary/aromatic N) is 3. The van der Waals surface area contributed by atoms with E-state index in [4.69, 9.17) is 16.6 Å². The van der Waals surface area contributed by atoms with Gasteiger partial charge in [0.2, 0.25) is 0 Å². The molecule has 0 aliphatic carbocycles. The van der Waals surface area contributed by atoms with Crippen LogP contribution >= 0.6 is 35.3 Å². The molecule has 2 bridgehead atoms. The summed E-state index contributed by atoms with van der Waals surface area (Å²) >= 11 is 7.85. The van der Waals surface area contributed by atoms with Gasteiger partial charge in [0.25, 0.3) is 5.69 Å². The van der Waals surface area contributed by atoms with Gasteiger partial charge in [-0.1, -0.05) is 23.7 Å². The highest BCUT2D eigenvalue weighted by atomic mass is 35.5. The molecule has 0 radical (unpaired) electrons. The summed E-state index contributed by atoms with van der Waals surface area (Å²) in [6.45, 7) is 0. The van der Waals surface area contributed by atoms with Crippen molar-refractivity contribution in [3.63, 3.8) is 0 Å². The molecule has 2 saturated heterocycles. The minimum atomic E-state index is -0.368. The summed E-state index contributed by atoms with van der Waals surface area (Å²) in [7, 11) is 2.25. The van der Waals surface area contributed by atoms with Gasteiger partial charge in [-0.15, -0.1) is 23.7 Å². The smallest absolute Gasteiger partial charge is 0.269 e. The summed E-state index contributed by atoms with van der Waals surface area (Å²) in [6, 6.07) is 16.1. The summed E-state index contributed by atoms with van der Waals surface area (Å²) in [5.74, 6) is 0.763. The molecule has 2 aliphatic heterocycles. The van der Waals surface area contributed by atoms with E-state index < -0.39 is 0 Å². The topological polar surface area (TPSA) is 59.3 Å². The first-order chi connectivity index (χ1) is 14.5. The molecule has 3 aromatic rings. The van der Waals surface area contributed by atoms with Crippen LogP contribution in [0, 0.1) is 10.1 Å².